The summed E-state index contributed by atoms with van der Waals surface area (Å²) in [5.74, 6) is 0.222. The number of nitrogens with one attached hydrogen (secondary N) is 1. The monoisotopic (exact) mass is 421 g/mol. The quantitative estimate of drug-likeness (QED) is 0.228. The van der Waals surface area contributed by atoms with E-state index in [0.29, 0.717) is 12.3 Å². The number of hydrogen-bond acceptors (Lipinski definition) is 6. The van der Waals surface area contributed by atoms with E-state index in [9.17, 15) is 15.0 Å². The van der Waals surface area contributed by atoms with Crippen LogP contribution in [0.4, 0.5) is 0 Å². The minimum atomic E-state index is -1.12. The molecule has 168 valence electrons. The van der Waals surface area contributed by atoms with Crippen LogP contribution in [0.1, 0.15) is 59.3 Å². The van der Waals surface area contributed by atoms with Gasteiger partial charge in [-0.05, 0) is 19.3 Å². The second-order valence-electron chi connectivity index (χ2n) is 9.39. The van der Waals surface area contributed by atoms with E-state index in [1.807, 2.05) is 13.0 Å². The highest BCUT2D eigenvalue weighted by molar-refractivity contribution is 5.88. The second-order valence-corrected chi connectivity index (χ2v) is 9.39. The number of ether oxygens (including phenoxy) is 3. The number of rotatable bonds is 9. The van der Waals surface area contributed by atoms with Gasteiger partial charge >= 0.3 is 0 Å². The van der Waals surface area contributed by atoms with E-state index in [-0.39, 0.29) is 30.3 Å². The smallest absolute Gasteiger partial charge is 0.244 e. The Hall–Kier alpha value is -1.25. The van der Waals surface area contributed by atoms with E-state index in [0.717, 1.165) is 12.0 Å². The van der Waals surface area contributed by atoms with Crippen LogP contribution in [0.3, 0.4) is 0 Å². The first-order chi connectivity index (χ1) is 14.4. The van der Waals surface area contributed by atoms with Gasteiger partial charge in [0.1, 0.15) is 36.1 Å². The molecule has 4 rings (SSSR count). The molecule has 7 heteroatoms. The van der Waals surface area contributed by atoms with Crippen molar-refractivity contribution < 1.29 is 29.2 Å². The lowest BCUT2D eigenvalue weighted by Crippen LogP contribution is -2.50. The summed E-state index contributed by atoms with van der Waals surface area (Å²) in [4.78, 5) is 12.4. The summed E-state index contributed by atoms with van der Waals surface area (Å²) < 4.78 is 17.0. The normalized spacial score (nSPS) is 42.8. The van der Waals surface area contributed by atoms with Crippen LogP contribution in [0, 0.1) is 5.92 Å². The number of aliphatic hydroxyl groups excluding tert-OH is 2. The van der Waals surface area contributed by atoms with Crippen molar-refractivity contribution in [1.82, 2.24) is 5.32 Å². The third-order valence-corrected chi connectivity index (χ3v) is 6.80. The maximum Gasteiger partial charge on any atom is 0.244 e. The van der Waals surface area contributed by atoms with Gasteiger partial charge in [-0.25, -0.2) is 0 Å². The number of allylic oxidation sites excluding steroid dienone is 3. The van der Waals surface area contributed by atoms with Gasteiger partial charge in [-0.2, -0.15) is 0 Å². The van der Waals surface area contributed by atoms with Crippen LogP contribution in [0.5, 0.6) is 0 Å². The minimum absolute atomic E-state index is 0.263. The molecule has 1 saturated carbocycles. The fourth-order valence-corrected chi connectivity index (χ4v) is 5.11. The summed E-state index contributed by atoms with van der Waals surface area (Å²) in [5, 5.41) is 23.3. The molecule has 7 nitrogen and oxygen atoms in total. The average Bonchev–Trinajstić information content (AvgIpc) is 3.60. The molecule has 7 atom stereocenters. The Balaban J connectivity index is 1.26. The maximum absolute atomic E-state index is 12.4. The van der Waals surface area contributed by atoms with E-state index in [4.69, 9.17) is 14.2 Å². The number of hydrogen-bond donors (Lipinski definition) is 3. The van der Waals surface area contributed by atoms with Gasteiger partial charge in [-0.3, -0.25) is 4.79 Å². The highest BCUT2D eigenvalue weighted by atomic mass is 16.7. The molecule has 7 unspecified atom stereocenters. The minimum Gasteiger partial charge on any atom is -0.387 e. The van der Waals surface area contributed by atoms with Crippen molar-refractivity contribution in [3.05, 3.63) is 23.8 Å². The highest BCUT2D eigenvalue weighted by Gasteiger charge is 2.78. The van der Waals surface area contributed by atoms with Crippen LogP contribution < -0.4 is 5.32 Å². The van der Waals surface area contributed by atoms with Crippen molar-refractivity contribution >= 4 is 5.91 Å². The molecule has 0 aromatic rings. The topological polar surface area (TPSA) is 104 Å². The summed E-state index contributed by atoms with van der Waals surface area (Å²) in [5.41, 5.74) is 0.274. The number of fused-ring (bicyclic) bond motifs is 4. The third kappa shape index (κ3) is 4.36. The van der Waals surface area contributed by atoms with Crippen molar-refractivity contribution in [2.24, 2.45) is 5.92 Å². The Morgan fingerprint density at radius 1 is 1.17 bits per heavy atom. The van der Waals surface area contributed by atoms with Crippen LogP contribution in [0.25, 0.3) is 0 Å². The summed E-state index contributed by atoms with van der Waals surface area (Å²) in [6.07, 6.45) is 9.20. The van der Waals surface area contributed by atoms with Crippen molar-refractivity contribution in [3.63, 3.8) is 0 Å². The van der Waals surface area contributed by atoms with Gasteiger partial charge in [0.2, 0.25) is 5.91 Å². The van der Waals surface area contributed by atoms with E-state index < -0.39 is 24.0 Å². The van der Waals surface area contributed by atoms with Crippen LogP contribution in [0.2, 0.25) is 0 Å². The molecule has 4 fully saturated rings. The van der Waals surface area contributed by atoms with Gasteiger partial charge in [0.15, 0.2) is 6.29 Å². The van der Waals surface area contributed by atoms with E-state index in [1.54, 1.807) is 0 Å². The van der Waals surface area contributed by atoms with Crippen LogP contribution >= 0.6 is 0 Å². The number of amides is 1. The summed E-state index contributed by atoms with van der Waals surface area (Å²) in [6, 6.07) is -0.533. The molecule has 0 aromatic carbocycles. The highest BCUT2D eigenvalue weighted by Crippen LogP contribution is 2.58. The van der Waals surface area contributed by atoms with E-state index in [1.165, 1.54) is 31.8 Å². The van der Waals surface area contributed by atoms with Crippen molar-refractivity contribution in [1.29, 1.82) is 0 Å². The molecule has 3 N–H and O–H groups in total. The molecule has 1 aliphatic carbocycles. The molecule has 0 aromatic heterocycles. The van der Waals surface area contributed by atoms with Gasteiger partial charge in [0.25, 0.3) is 0 Å². The Morgan fingerprint density at radius 3 is 2.53 bits per heavy atom. The maximum atomic E-state index is 12.4. The number of epoxide rings is 2. The predicted molar refractivity (Wildman–Crippen MR) is 111 cm³/mol. The third-order valence-electron chi connectivity index (χ3n) is 6.80. The molecule has 1 spiro atoms. The second kappa shape index (κ2) is 8.71. The first kappa shape index (κ1) is 22.0. The standard InChI is InChI=1S/C23H35NO6/c1-4-5-6-7-8-13(2)11-14(3)9-10-16(25)24-15-12-23(30-22(15)27)20-18(28-20)17(26)19-21(23)29-19/h9-11,13,15,17-22,26-27H,4-8,12H2,1-3H3,(H,24,25). The largest absolute Gasteiger partial charge is 0.387 e. The Labute approximate surface area is 178 Å². The number of unbranched alkanes of at least 4 members (excludes halogenated alkanes) is 3. The predicted octanol–water partition coefficient (Wildman–Crippen LogP) is 1.97. The molecule has 30 heavy (non-hydrogen) atoms. The molecule has 3 heterocycles. The Kier molecular flexibility index (Phi) is 6.38. The molecule has 4 aliphatic rings. The summed E-state index contributed by atoms with van der Waals surface area (Å²) >= 11 is 0. The van der Waals surface area contributed by atoms with Crippen LogP contribution in [-0.4, -0.2) is 64.6 Å². The van der Waals surface area contributed by atoms with Gasteiger partial charge in [-0.15, -0.1) is 0 Å². The van der Waals surface area contributed by atoms with E-state index in [2.05, 4.69) is 25.2 Å². The van der Waals surface area contributed by atoms with Gasteiger partial charge in [0.05, 0.1) is 6.04 Å². The number of aliphatic hydroxyl groups is 2. The Bertz CT molecular complexity index is 688. The van der Waals surface area contributed by atoms with Gasteiger partial charge in [0, 0.05) is 12.5 Å². The van der Waals surface area contributed by atoms with Crippen LogP contribution in [-0.2, 0) is 19.0 Å². The number of carbonyl (C=O) groups excluding carboxylic acids is 1. The average molecular weight is 422 g/mol. The number of carbonyl (C=O) groups is 1. The molecule has 3 saturated heterocycles. The zero-order valence-corrected chi connectivity index (χ0v) is 18.1. The fraction of sp³-hybridized carbons (Fsp3) is 0.783. The zero-order chi connectivity index (χ0) is 21.5. The van der Waals surface area contributed by atoms with Crippen molar-refractivity contribution in [2.45, 2.75) is 108 Å². The van der Waals surface area contributed by atoms with Crippen LogP contribution in [0.15, 0.2) is 23.8 Å². The lowest BCUT2D eigenvalue weighted by atomic mass is 9.80. The summed E-state index contributed by atoms with van der Waals surface area (Å²) in [6.45, 7) is 6.42. The van der Waals surface area contributed by atoms with Crippen molar-refractivity contribution in [2.75, 3.05) is 0 Å². The molecule has 0 radical (unpaired) electrons. The van der Waals surface area contributed by atoms with Crippen molar-refractivity contribution in [3.8, 4) is 0 Å². The lowest BCUT2D eigenvalue weighted by molar-refractivity contribution is -0.160. The molecular formula is C23H35NO6. The first-order valence-electron chi connectivity index (χ1n) is 11.4. The Morgan fingerprint density at radius 2 is 1.87 bits per heavy atom. The lowest BCUT2D eigenvalue weighted by Gasteiger charge is -2.28. The first-order valence-corrected chi connectivity index (χ1v) is 11.4. The van der Waals surface area contributed by atoms with E-state index >= 15 is 0 Å². The van der Waals surface area contributed by atoms with Gasteiger partial charge < -0.3 is 29.7 Å². The fourth-order valence-electron chi connectivity index (χ4n) is 5.11. The molecular weight excluding hydrogens is 386 g/mol. The zero-order valence-electron chi connectivity index (χ0n) is 18.1. The summed E-state index contributed by atoms with van der Waals surface area (Å²) in [7, 11) is 0. The molecule has 0 bridgehead atoms. The van der Waals surface area contributed by atoms with Gasteiger partial charge in [-0.1, -0.05) is 57.3 Å². The SMILES string of the molecule is CCCCCCC(C)C=C(C)C=CC(=O)NC1CC2(OC1O)C1OC1C(O)C1OC12. The molecule has 3 aliphatic heterocycles. The molecule has 1 amide bonds.